The van der Waals surface area contributed by atoms with Crippen molar-refractivity contribution in [3.8, 4) is 5.75 Å². The molecule has 0 radical (unpaired) electrons. The number of benzene rings is 1. The van der Waals surface area contributed by atoms with Crippen LogP contribution in [0.3, 0.4) is 0 Å². The van der Waals surface area contributed by atoms with Crippen LogP contribution in [-0.4, -0.2) is 65.4 Å². The van der Waals surface area contributed by atoms with E-state index in [4.69, 9.17) is 16.3 Å². The SMILES string of the molecule is CCOc1ccc(C(O)=C2C(=O)C(=O)N(CCN(C)C)[C@@H]2c2cccnc2)cc1Cl. The van der Waals surface area contributed by atoms with Gasteiger partial charge in [-0.1, -0.05) is 17.7 Å². The lowest BCUT2D eigenvalue weighted by atomic mass is 9.96. The molecule has 1 fully saturated rings. The Labute approximate surface area is 180 Å². The van der Waals surface area contributed by atoms with Crippen LogP contribution in [0.25, 0.3) is 5.76 Å². The number of aliphatic hydroxyl groups is 1. The average Bonchev–Trinajstić information content (AvgIpc) is 2.98. The first-order chi connectivity index (χ1) is 14.3. The summed E-state index contributed by atoms with van der Waals surface area (Å²) in [6, 6.07) is 7.54. The molecule has 0 bridgehead atoms. The van der Waals surface area contributed by atoms with Gasteiger partial charge in [-0.3, -0.25) is 14.6 Å². The minimum absolute atomic E-state index is 0.0204. The van der Waals surface area contributed by atoms with Crippen LogP contribution in [0, 0.1) is 0 Å². The molecule has 1 aliphatic heterocycles. The number of aliphatic hydroxyl groups excluding tert-OH is 1. The van der Waals surface area contributed by atoms with Crippen LogP contribution in [-0.2, 0) is 9.59 Å². The number of likely N-dealkylation sites (tertiary alicyclic amines) is 1. The van der Waals surface area contributed by atoms with Gasteiger partial charge in [-0.15, -0.1) is 0 Å². The largest absolute Gasteiger partial charge is 0.507 e. The minimum Gasteiger partial charge on any atom is -0.507 e. The normalized spacial score (nSPS) is 18.3. The summed E-state index contributed by atoms with van der Waals surface area (Å²) in [5.41, 5.74) is 1.00. The van der Waals surface area contributed by atoms with Crippen LogP contribution >= 0.6 is 11.6 Å². The third-order valence-electron chi connectivity index (χ3n) is 4.83. The smallest absolute Gasteiger partial charge is 0.295 e. The van der Waals surface area contributed by atoms with Gasteiger partial charge >= 0.3 is 0 Å². The van der Waals surface area contributed by atoms with E-state index in [9.17, 15) is 14.7 Å². The summed E-state index contributed by atoms with van der Waals surface area (Å²) in [5.74, 6) is -1.18. The number of hydrogen-bond acceptors (Lipinski definition) is 6. The highest BCUT2D eigenvalue weighted by atomic mass is 35.5. The molecule has 8 heteroatoms. The number of carbonyl (C=O) groups is 2. The molecule has 1 aliphatic rings. The Hall–Kier alpha value is -2.90. The molecule has 3 rings (SSSR count). The van der Waals surface area contributed by atoms with Gasteiger partial charge < -0.3 is 19.6 Å². The first-order valence-corrected chi connectivity index (χ1v) is 9.98. The number of Topliss-reactive ketones (excluding diaryl/α,β-unsaturated/α-hetero) is 1. The third-order valence-corrected chi connectivity index (χ3v) is 5.13. The molecule has 1 aromatic carbocycles. The van der Waals surface area contributed by atoms with Crippen LogP contribution in [0.1, 0.15) is 24.1 Å². The molecule has 1 N–H and O–H groups in total. The Balaban J connectivity index is 2.10. The van der Waals surface area contributed by atoms with Crippen LogP contribution in [0.4, 0.5) is 0 Å². The number of carbonyl (C=O) groups excluding carboxylic acids is 2. The Morgan fingerprint density at radius 3 is 2.67 bits per heavy atom. The second-order valence-corrected chi connectivity index (χ2v) is 7.57. The second kappa shape index (κ2) is 9.28. The fourth-order valence-electron chi connectivity index (χ4n) is 3.38. The summed E-state index contributed by atoms with van der Waals surface area (Å²) in [5, 5.41) is 11.3. The van der Waals surface area contributed by atoms with E-state index >= 15 is 0 Å². The van der Waals surface area contributed by atoms with Crippen molar-refractivity contribution < 1.29 is 19.4 Å². The fourth-order valence-corrected chi connectivity index (χ4v) is 3.61. The molecule has 1 amide bonds. The highest BCUT2D eigenvalue weighted by Crippen LogP contribution is 2.39. The van der Waals surface area contributed by atoms with Gasteiger partial charge in [-0.25, -0.2) is 0 Å². The maximum absolute atomic E-state index is 12.9. The van der Waals surface area contributed by atoms with Crippen molar-refractivity contribution in [3.63, 3.8) is 0 Å². The first kappa shape index (κ1) is 21.8. The Bertz CT molecular complexity index is 976. The van der Waals surface area contributed by atoms with Gasteiger partial charge in [-0.05, 0) is 50.8 Å². The summed E-state index contributed by atoms with van der Waals surface area (Å²) in [7, 11) is 3.77. The molecule has 1 atom stereocenters. The number of hydrogen-bond donors (Lipinski definition) is 1. The first-order valence-electron chi connectivity index (χ1n) is 9.61. The van der Waals surface area contributed by atoms with Crippen LogP contribution in [0.2, 0.25) is 5.02 Å². The molecule has 1 saturated heterocycles. The Kier molecular flexibility index (Phi) is 6.74. The molecular formula is C22H24ClN3O4. The minimum atomic E-state index is -0.732. The average molecular weight is 430 g/mol. The van der Waals surface area contributed by atoms with E-state index in [2.05, 4.69) is 4.98 Å². The summed E-state index contributed by atoms with van der Waals surface area (Å²) < 4.78 is 5.43. The van der Waals surface area contributed by atoms with E-state index in [1.54, 1.807) is 36.7 Å². The van der Waals surface area contributed by atoms with E-state index in [1.165, 1.54) is 11.0 Å². The lowest BCUT2D eigenvalue weighted by Gasteiger charge is -2.26. The van der Waals surface area contributed by atoms with Crippen LogP contribution < -0.4 is 4.74 Å². The number of pyridine rings is 1. The molecule has 2 heterocycles. The molecular weight excluding hydrogens is 406 g/mol. The molecule has 30 heavy (non-hydrogen) atoms. The molecule has 0 unspecified atom stereocenters. The van der Waals surface area contributed by atoms with Gasteiger partial charge in [0.1, 0.15) is 11.5 Å². The van der Waals surface area contributed by atoms with Gasteiger partial charge in [0, 0.05) is 31.0 Å². The van der Waals surface area contributed by atoms with Crippen molar-refractivity contribution in [2.45, 2.75) is 13.0 Å². The Morgan fingerprint density at radius 2 is 2.07 bits per heavy atom. The predicted octanol–water partition coefficient (Wildman–Crippen LogP) is 3.12. The van der Waals surface area contributed by atoms with Crippen molar-refractivity contribution in [1.82, 2.24) is 14.8 Å². The zero-order chi connectivity index (χ0) is 21.8. The van der Waals surface area contributed by atoms with Crippen molar-refractivity contribution in [3.05, 3.63) is 64.4 Å². The van der Waals surface area contributed by atoms with Crippen LogP contribution in [0.15, 0.2) is 48.3 Å². The Morgan fingerprint density at radius 1 is 1.30 bits per heavy atom. The van der Waals surface area contributed by atoms with Crippen molar-refractivity contribution in [2.24, 2.45) is 0 Å². The van der Waals surface area contributed by atoms with E-state index in [0.717, 1.165) is 0 Å². The van der Waals surface area contributed by atoms with Gasteiger partial charge in [0.25, 0.3) is 11.7 Å². The second-order valence-electron chi connectivity index (χ2n) is 7.16. The van der Waals surface area contributed by atoms with Gasteiger partial charge in [-0.2, -0.15) is 0 Å². The monoisotopic (exact) mass is 429 g/mol. The molecule has 1 aromatic heterocycles. The van der Waals surface area contributed by atoms with Crippen LogP contribution in [0.5, 0.6) is 5.75 Å². The number of rotatable bonds is 7. The zero-order valence-corrected chi connectivity index (χ0v) is 17.9. The molecule has 0 aliphatic carbocycles. The zero-order valence-electron chi connectivity index (χ0n) is 17.1. The molecule has 0 saturated carbocycles. The number of likely N-dealkylation sites (N-methyl/N-ethyl adjacent to an activating group) is 1. The van der Waals surface area contributed by atoms with Crippen molar-refractivity contribution >= 4 is 29.1 Å². The van der Waals surface area contributed by atoms with Gasteiger partial charge in [0.15, 0.2) is 0 Å². The molecule has 158 valence electrons. The number of ketones is 1. The summed E-state index contributed by atoms with van der Waals surface area (Å²) >= 11 is 6.25. The standard InChI is InChI=1S/C22H24ClN3O4/c1-4-30-17-8-7-14(12-16(17)23)20(27)18-19(15-6-5-9-24-13-15)26(11-10-25(2)3)22(29)21(18)28/h5-9,12-13,19,27H,4,10-11H2,1-3H3/t19-/m1/s1. The number of aromatic nitrogens is 1. The van der Waals surface area contributed by atoms with E-state index in [0.29, 0.717) is 41.6 Å². The summed E-state index contributed by atoms with van der Waals surface area (Å²) in [6.07, 6.45) is 3.21. The lowest BCUT2D eigenvalue weighted by molar-refractivity contribution is -0.140. The maximum atomic E-state index is 12.9. The van der Waals surface area contributed by atoms with Gasteiger partial charge in [0.2, 0.25) is 0 Å². The van der Waals surface area contributed by atoms with Crippen molar-refractivity contribution in [1.29, 1.82) is 0 Å². The number of amides is 1. The van der Waals surface area contributed by atoms with E-state index in [1.807, 2.05) is 25.9 Å². The molecule has 7 nitrogen and oxygen atoms in total. The highest BCUT2D eigenvalue weighted by molar-refractivity contribution is 6.46. The van der Waals surface area contributed by atoms with Gasteiger partial charge in [0.05, 0.1) is 23.2 Å². The van der Waals surface area contributed by atoms with E-state index in [-0.39, 0.29) is 11.3 Å². The lowest BCUT2D eigenvalue weighted by Crippen LogP contribution is -2.35. The topological polar surface area (TPSA) is 83.0 Å². The predicted molar refractivity (Wildman–Crippen MR) is 114 cm³/mol. The third kappa shape index (κ3) is 4.32. The van der Waals surface area contributed by atoms with Crippen molar-refractivity contribution in [2.75, 3.05) is 33.8 Å². The number of nitrogens with zero attached hydrogens (tertiary/aromatic N) is 3. The molecule has 0 spiro atoms. The quantitative estimate of drug-likeness (QED) is 0.413. The summed E-state index contributed by atoms with van der Waals surface area (Å²) in [4.78, 5) is 33.2. The summed E-state index contributed by atoms with van der Waals surface area (Å²) in [6.45, 7) is 3.19. The van der Waals surface area contributed by atoms with E-state index < -0.39 is 17.7 Å². The highest BCUT2D eigenvalue weighted by Gasteiger charge is 2.46. The number of ether oxygens (including phenoxy) is 1. The maximum Gasteiger partial charge on any atom is 0.295 e. The number of halogens is 1. The fraction of sp³-hybridized carbons (Fsp3) is 0.318. The molecule has 2 aromatic rings.